The topological polar surface area (TPSA) is 201 Å². The highest BCUT2D eigenvalue weighted by Gasteiger charge is 2.44. The summed E-state index contributed by atoms with van der Waals surface area (Å²) >= 11 is 3.21. The zero-order valence-corrected chi connectivity index (χ0v) is 42.7. The van der Waals surface area contributed by atoms with Crippen LogP contribution in [0.2, 0.25) is 0 Å². The van der Waals surface area contributed by atoms with E-state index in [2.05, 4.69) is 33.1 Å². The molecular formula is C51H68N6O11S2. The number of thiazole rings is 2. The fraction of sp³-hybridized carbons (Fsp3) is 0.510. The van der Waals surface area contributed by atoms with Crippen molar-refractivity contribution in [2.24, 2.45) is 5.41 Å². The Kier molecular flexibility index (Phi) is 21.3. The van der Waals surface area contributed by atoms with Gasteiger partial charge in [0.2, 0.25) is 17.7 Å². The lowest BCUT2D eigenvalue weighted by Crippen LogP contribution is -2.58. The zero-order chi connectivity index (χ0) is 49.9. The molecule has 17 nitrogen and oxygen atoms in total. The first-order valence-corrected chi connectivity index (χ1v) is 25.4. The van der Waals surface area contributed by atoms with Crippen molar-refractivity contribution in [3.63, 3.8) is 0 Å². The molecule has 0 aliphatic carbocycles. The third-order valence-corrected chi connectivity index (χ3v) is 13.5. The van der Waals surface area contributed by atoms with Crippen molar-refractivity contribution in [2.45, 2.75) is 65.3 Å². The van der Waals surface area contributed by atoms with Crippen LogP contribution in [0.25, 0.3) is 31.2 Å². The van der Waals surface area contributed by atoms with Gasteiger partial charge in [-0.2, -0.15) is 0 Å². The fourth-order valence-electron chi connectivity index (χ4n) is 7.60. The maximum atomic E-state index is 14.0. The van der Waals surface area contributed by atoms with Crippen molar-refractivity contribution in [3.05, 3.63) is 83.5 Å². The molecule has 0 saturated carbocycles. The molecule has 0 unspecified atom stereocenters. The first-order valence-electron chi connectivity index (χ1n) is 23.7. The standard InChI is InChI=1S/C51H68N6O11S2/c1-34(36-7-9-37(10-8-36)46-35(2)53-33-69-46)54-48(60)43-29-40(58)31-57(43)50(61)47(51(3,4)5)56-45(59)32-67-26-25-65-22-21-63-18-17-62-19-20-64-23-24-66-27-28-68-41-15-16-42-44(30-41)70-49(55-42)38-11-13-39(52-6)14-12-38/h7-16,30,33-34,40,43,47,52,58H,17-29,31-32H2,1-6H3,(H,54,60)(H,56,59)/t34-,40+,43-,47+/m0/s1. The minimum atomic E-state index is -0.966. The molecular weight excluding hydrogens is 937 g/mol. The van der Waals surface area contributed by atoms with Crippen LogP contribution >= 0.6 is 22.7 Å². The second-order valence-electron chi connectivity index (χ2n) is 17.8. The third kappa shape index (κ3) is 16.5. The Bertz CT molecular complexity index is 2390. The molecule has 0 radical (unpaired) electrons. The predicted octanol–water partition coefficient (Wildman–Crippen LogP) is 6.29. The molecule has 3 heterocycles. The van der Waals surface area contributed by atoms with Crippen molar-refractivity contribution < 1.29 is 52.6 Å². The number of ether oxygens (including phenoxy) is 7. The highest BCUT2D eigenvalue weighted by Crippen LogP contribution is 2.33. The molecule has 6 rings (SSSR count). The fourth-order valence-corrected chi connectivity index (χ4v) is 9.41. The van der Waals surface area contributed by atoms with Crippen molar-refractivity contribution in [2.75, 3.05) is 105 Å². The van der Waals surface area contributed by atoms with Gasteiger partial charge in [-0.15, -0.1) is 22.7 Å². The van der Waals surface area contributed by atoms with Crippen LogP contribution in [0.15, 0.2) is 72.2 Å². The number of fused-ring (bicyclic) bond motifs is 1. The van der Waals surface area contributed by atoms with E-state index < -0.39 is 35.4 Å². The van der Waals surface area contributed by atoms with E-state index in [9.17, 15) is 19.5 Å². The van der Waals surface area contributed by atoms with Crippen LogP contribution in [0, 0.1) is 12.3 Å². The number of likely N-dealkylation sites (tertiary alicyclic amines) is 1. The number of benzene rings is 3. The molecule has 0 bridgehead atoms. The summed E-state index contributed by atoms with van der Waals surface area (Å²) in [6, 6.07) is 19.8. The molecule has 1 saturated heterocycles. The van der Waals surface area contributed by atoms with Crippen molar-refractivity contribution >= 4 is 56.3 Å². The van der Waals surface area contributed by atoms with Crippen LogP contribution < -0.4 is 20.7 Å². The monoisotopic (exact) mass is 1000 g/mol. The molecule has 70 heavy (non-hydrogen) atoms. The Labute approximate surface area is 418 Å². The van der Waals surface area contributed by atoms with Gasteiger partial charge in [0.1, 0.15) is 36.1 Å². The SMILES string of the molecule is CNc1ccc(-c2nc3ccc(OCCOCCOCCOCCOCCOCCOCC(=O)N[C@H](C(=O)N4C[C@H](O)C[C@H]4C(=O)N[C@@H](C)c4ccc(-c5scnc5C)cc4)C(C)(C)C)cc3s2)cc1. The van der Waals surface area contributed by atoms with Gasteiger partial charge in [-0.25, -0.2) is 9.97 Å². The summed E-state index contributed by atoms with van der Waals surface area (Å²) in [6.07, 6.45) is -0.783. The molecule has 1 aliphatic rings. The predicted molar refractivity (Wildman–Crippen MR) is 271 cm³/mol. The Balaban J connectivity index is 0.749. The normalized spacial score (nSPS) is 15.8. The van der Waals surface area contributed by atoms with Gasteiger partial charge < -0.3 is 59.1 Å². The Morgan fingerprint density at radius 1 is 0.786 bits per heavy atom. The summed E-state index contributed by atoms with van der Waals surface area (Å²) in [5.41, 5.74) is 7.11. The molecule has 4 N–H and O–H groups in total. The van der Waals surface area contributed by atoms with E-state index in [4.69, 9.17) is 38.1 Å². The summed E-state index contributed by atoms with van der Waals surface area (Å²) in [4.78, 5) is 52.1. The number of hydrogen-bond donors (Lipinski definition) is 4. The van der Waals surface area contributed by atoms with Gasteiger partial charge in [-0.05, 0) is 72.9 Å². The van der Waals surface area contributed by atoms with E-state index in [0.717, 1.165) is 53.9 Å². The number of anilines is 1. The summed E-state index contributed by atoms with van der Waals surface area (Å²) in [5, 5.41) is 20.5. The molecule has 2 aromatic heterocycles. The molecule has 3 amide bonds. The van der Waals surface area contributed by atoms with E-state index in [-0.39, 0.29) is 44.7 Å². The van der Waals surface area contributed by atoms with Crippen LogP contribution in [0.5, 0.6) is 5.75 Å². The number of nitrogens with one attached hydrogen (secondary N) is 3. The van der Waals surface area contributed by atoms with E-state index >= 15 is 0 Å². The highest BCUT2D eigenvalue weighted by atomic mass is 32.1. The Morgan fingerprint density at radius 3 is 1.94 bits per heavy atom. The average molecular weight is 1010 g/mol. The van der Waals surface area contributed by atoms with Gasteiger partial charge in [-0.1, -0.05) is 45.0 Å². The number of carbonyl (C=O) groups is 3. The summed E-state index contributed by atoms with van der Waals surface area (Å²) in [7, 11) is 1.90. The van der Waals surface area contributed by atoms with Gasteiger partial charge in [-0.3, -0.25) is 14.4 Å². The van der Waals surface area contributed by atoms with Crippen LogP contribution in [0.4, 0.5) is 5.69 Å². The van der Waals surface area contributed by atoms with Gasteiger partial charge in [0.05, 0.1) is 111 Å². The number of β-amino-alcohol motifs (C(OH)–C–C–N with tert-alkyl or cyclic N) is 1. The number of hydrogen-bond acceptors (Lipinski definition) is 16. The average Bonchev–Trinajstić information content (AvgIpc) is 4.10. The van der Waals surface area contributed by atoms with Crippen LogP contribution in [-0.2, 0) is 42.8 Å². The van der Waals surface area contributed by atoms with Crippen molar-refractivity contribution in [1.82, 2.24) is 25.5 Å². The van der Waals surface area contributed by atoms with Crippen LogP contribution in [0.3, 0.4) is 0 Å². The first-order chi connectivity index (χ1) is 33.8. The Hall–Kier alpha value is -5.09. The van der Waals surface area contributed by atoms with Gasteiger partial charge >= 0.3 is 0 Å². The number of carbonyl (C=O) groups excluding carboxylic acids is 3. The lowest BCUT2D eigenvalue weighted by atomic mass is 9.85. The number of aromatic nitrogens is 2. The molecule has 5 aromatic rings. The van der Waals surface area contributed by atoms with E-state index in [0.29, 0.717) is 66.1 Å². The molecule has 0 spiro atoms. The smallest absolute Gasteiger partial charge is 0.246 e. The van der Waals surface area contributed by atoms with Gasteiger partial charge in [0.25, 0.3) is 0 Å². The van der Waals surface area contributed by atoms with Crippen molar-refractivity contribution in [3.8, 4) is 26.8 Å². The lowest BCUT2D eigenvalue weighted by Gasteiger charge is -2.35. The quantitative estimate of drug-likeness (QED) is 0.0390. The van der Waals surface area contributed by atoms with Gasteiger partial charge in [0.15, 0.2) is 0 Å². The number of aryl methyl sites for hydroxylation is 1. The minimum absolute atomic E-state index is 0.0183. The van der Waals surface area contributed by atoms with E-state index in [1.165, 1.54) is 4.90 Å². The highest BCUT2D eigenvalue weighted by molar-refractivity contribution is 7.21. The van der Waals surface area contributed by atoms with Crippen LogP contribution in [0.1, 0.15) is 51.4 Å². The zero-order valence-electron chi connectivity index (χ0n) is 41.0. The molecule has 3 aromatic carbocycles. The summed E-state index contributed by atoms with van der Waals surface area (Å²) in [6.45, 7) is 13.6. The summed E-state index contributed by atoms with van der Waals surface area (Å²) in [5.74, 6) is -0.515. The number of aliphatic hydroxyl groups excluding tert-OH is 1. The number of rotatable bonds is 29. The molecule has 1 fully saturated rings. The maximum Gasteiger partial charge on any atom is 0.246 e. The largest absolute Gasteiger partial charge is 0.491 e. The Morgan fingerprint density at radius 2 is 1.37 bits per heavy atom. The summed E-state index contributed by atoms with van der Waals surface area (Å²) < 4.78 is 40.4. The molecule has 19 heteroatoms. The second-order valence-corrected chi connectivity index (χ2v) is 19.7. The molecule has 4 atom stereocenters. The first kappa shape index (κ1) is 54.2. The number of nitrogens with zero attached hydrogens (tertiary/aromatic N) is 3. The van der Waals surface area contributed by atoms with Crippen LogP contribution in [-0.4, -0.2) is 155 Å². The lowest BCUT2D eigenvalue weighted by molar-refractivity contribution is -0.144. The second kappa shape index (κ2) is 27.5. The number of amides is 3. The third-order valence-electron chi connectivity index (χ3n) is 11.4. The van der Waals surface area contributed by atoms with E-state index in [1.807, 2.05) is 102 Å². The molecule has 380 valence electrons. The number of aliphatic hydroxyl groups is 1. The van der Waals surface area contributed by atoms with E-state index in [1.54, 1.807) is 22.7 Å². The molecule has 1 aliphatic heterocycles. The van der Waals surface area contributed by atoms with Gasteiger partial charge in [0, 0.05) is 31.3 Å². The maximum absolute atomic E-state index is 14.0. The minimum Gasteiger partial charge on any atom is -0.491 e. The van der Waals surface area contributed by atoms with Crippen molar-refractivity contribution in [1.29, 1.82) is 0 Å².